The number of ketones is 1. The van der Waals surface area contributed by atoms with E-state index in [4.69, 9.17) is 37.9 Å². The van der Waals surface area contributed by atoms with Gasteiger partial charge in [-0.1, -0.05) is 38.1 Å². The van der Waals surface area contributed by atoms with Crippen LogP contribution >= 0.6 is 0 Å². The summed E-state index contributed by atoms with van der Waals surface area (Å²) in [5, 5.41) is 16.4. The van der Waals surface area contributed by atoms with Gasteiger partial charge in [0.1, 0.15) is 24.4 Å². The number of esters is 1. The van der Waals surface area contributed by atoms with Crippen LogP contribution in [0.2, 0.25) is 0 Å². The summed E-state index contributed by atoms with van der Waals surface area (Å²) in [6.45, 7) is 10.5. The van der Waals surface area contributed by atoms with Gasteiger partial charge in [-0.05, 0) is 122 Å². The highest BCUT2D eigenvalue weighted by molar-refractivity contribution is 5.99. The van der Waals surface area contributed by atoms with Crippen molar-refractivity contribution in [1.82, 2.24) is 4.90 Å². The van der Waals surface area contributed by atoms with Gasteiger partial charge in [0.05, 0.1) is 43.0 Å². The van der Waals surface area contributed by atoms with Gasteiger partial charge in [0.2, 0.25) is 0 Å². The van der Waals surface area contributed by atoms with Gasteiger partial charge in [-0.3, -0.25) is 9.59 Å². The Hall–Kier alpha value is -2.46. The molecular weight excluding hydrogens is 781 g/mol. The molecule has 6 aliphatic rings. The number of Topliss-reactive ketones (excluding diaryl/α,β-unsaturated/α-hetero) is 1. The second kappa shape index (κ2) is 20.6. The lowest BCUT2D eigenvalue weighted by Gasteiger charge is -2.47. The summed E-state index contributed by atoms with van der Waals surface area (Å²) in [5.41, 5.74) is 1.52. The zero-order valence-corrected chi connectivity index (χ0v) is 38.0. The molecule has 13 heteroatoms. The summed E-state index contributed by atoms with van der Waals surface area (Å²) in [6.07, 6.45) is 3.62. The molecule has 1 aromatic carbocycles. The third-order valence-corrected chi connectivity index (χ3v) is 15.1. The Kier molecular flexibility index (Phi) is 15.7. The topological polar surface area (TPSA) is 143 Å². The lowest BCUT2D eigenvalue weighted by molar-refractivity contribution is -0.317. The maximum Gasteiger partial charge on any atom is 0.306 e. The molecule has 0 amide bonds. The van der Waals surface area contributed by atoms with Crippen LogP contribution in [0, 0.1) is 35.5 Å². The molecule has 19 atom stereocenters. The van der Waals surface area contributed by atoms with Crippen molar-refractivity contribution in [2.75, 3.05) is 40.2 Å². The van der Waals surface area contributed by atoms with E-state index in [0.29, 0.717) is 50.3 Å². The molecule has 0 aromatic heterocycles. The van der Waals surface area contributed by atoms with Gasteiger partial charge >= 0.3 is 5.97 Å². The van der Waals surface area contributed by atoms with E-state index < -0.39 is 42.5 Å². The zero-order valence-electron chi connectivity index (χ0n) is 38.0. The molecule has 3 aliphatic heterocycles. The lowest BCUT2D eigenvalue weighted by Crippen LogP contribution is -2.60. The maximum absolute atomic E-state index is 15.1. The largest absolute Gasteiger partial charge is 0.462 e. The molecular formula is C48H74N2O11. The van der Waals surface area contributed by atoms with Crippen LogP contribution in [-0.4, -0.2) is 136 Å². The number of nitrogens with zero attached hydrogens (tertiary/aromatic N) is 1. The number of likely N-dealkylation sites (N-methyl/N-ethyl adjacent to an activating group) is 1. The maximum atomic E-state index is 15.1. The van der Waals surface area contributed by atoms with Crippen LogP contribution in [0.1, 0.15) is 92.4 Å². The van der Waals surface area contributed by atoms with Gasteiger partial charge < -0.3 is 53.2 Å². The molecule has 3 aliphatic carbocycles. The van der Waals surface area contributed by atoms with Gasteiger partial charge in [0, 0.05) is 50.3 Å². The lowest BCUT2D eigenvalue weighted by atomic mass is 9.62. The summed E-state index contributed by atoms with van der Waals surface area (Å²) < 4.78 is 50.7. The second-order valence-electron chi connectivity index (χ2n) is 18.9. The molecule has 342 valence electrons. The number of anilines is 1. The summed E-state index contributed by atoms with van der Waals surface area (Å²) in [5.74, 6) is -1.87. The van der Waals surface area contributed by atoms with Crippen LogP contribution in [0.15, 0.2) is 42.0 Å². The van der Waals surface area contributed by atoms with Gasteiger partial charge in [-0.25, -0.2) is 0 Å². The summed E-state index contributed by atoms with van der Waals surface area (Å²) in [4.78, 5) is 31.2. The minimum absolute atomic E-state index is 0.00661. The minimum atomic E-state index is -0.869. The number of carbonyl (C=O) groups is 2. The average molecular weight is 855 g/mol. The molecule has 2 N–H and O–H groups in total. The molecule has 1 aromatic rings. The predicted molar refractivity (Wildman–Crippen MR) is 230 cm³/mol. The molecule has 3 unspecified atom stereocenters. The number of hydrogen-bond donors (Lipinski definition) is 2. The van der Waals surface area contributed by atoms with Gasteiger partial charge in [-0.15, -0.1) is 0 Å². The molecule has 2 saturated carbocycles. The molecule has 0 spiro atoms. The Labute approximate surface area is 363 Å². The summed E-state index contributed by atoms with van der Waals surface area (Å²) in [7, 11) is 7.46. The zero-order chi connectivity index (χ0) is 43.5. The van der Waals surface area contributed by atoms with Crippen molar-refractivity contribution in [2.24, 2.45) is 35.5 Å². The van der Waals surface area contributed by atoms with Gasteiger partial charge in [0.25, 0.3) is 0 Å². The van der Waals surface area contributed by atoms with E-state index >= 15 is 4.79 Å². The first-order valence-corrected chi connectivity index (χ1v) is 23.3. The number of rotatable bonds is 12. The summed E-state index contributed by atoms with van der Waals surface area (Å²) >= 11 is 0. The van der Waals surface area contributed by atoms with Crippen LogP contribution in [0.25, 0.3) is 0 Å². The number of aliphatic hydroxyl groups is 1. The number of nitrogens with one attached hydrogen (secondary N) is 1. The number of cyclic esters (lactones) is 1. The molecule has 13 nitrogen and oxygen atoms in total. The van der Waals surface area contributed by atoms with E-state index in [-0.39, 0.29) is 84.7 Å². The van der Waals surface area contributed by atoms with Crippen molar-refractivity contribution in [2.45, 2.75) is 172 Å². The molecule has 0 radical (unpaired) electrons. The van der Waals surface area contributed by atoms with Crippen LogP contribution in [0.5, 0.6) is 0 Å². The van der Waals surface area contributed by atoms with Crippen molar-refractivity contribution < 1.29 is 52.6 Å². The highest BCUT2D eigenvalue weighted by Gasteiger charge is 2.60. The molecule has 61 heavy (non-hydrogen) atoms. The number of hydrogen-bond acceptors (Lipinski definition) is 13. The van der Waals surface area contributed by atoms with E-state index in [1.54, 1.807) is 14.2 Å². The number of ether oxygens (including phenoxy) is 8. The van der Waals surface area contributed by atoms with Crippen molar-refractivity contribution >= 4 is 17.4 Å². The van der Waals surface area contributed by atoms with Crippen molar-refractivity contribution in [3.05, 3.63) is 42.0 Å². The molecule has 3 saturated heterocycles. The number of allylic oxidation sites excluding steroid dienone is 2. The normalized spacial score (nSPS) is 43.3. The Morgan fingerprint density at radius 3 is 2.28 bits per heavy atom. The smallest absolute Gasteiger partial charge is 0.306 e. The molecule has 5 fully saturated rings. The van der Waals surface area contributed by atoms with E-state index in [9.17, 15) is 9.90 Å². The van der Waals surface area contributed by atoms with E-state index in [0.717, 1.165) is 24.9 Å². The number of benzene rings is 1. The summed E-state index contributed by atoms with van der Waals surface area (Å²) in [6, 6.07) is 9.89. The minimum Gasteiger partial charge on any atom is -0.462 e. The Balaban J connectivity index is 1.20. The Morgan fingerprint density at radius 2 is 1.61 bits per heavy atom. The Bertz CT molecular complexity index is 1630. The second-order valence-corrected chi connectivity index (χ2v) is 18.9. The van der Waals surface area contributed by atoms with E-state index in [1.807, 2.05) is 58.0 Å². The first-order valence-electron chi connectivity index (χ1n) is 23.3. The number of methoxy groups -OCH3 is 2. The van der Waals surface area contributed by atoms with E-state index in [1.165, 1.54) is 0 Å². The predicted octanol–water partition coefficient (Wildman–Crippen LogP) is 6.16. The van der Waals surface area contributed by atoms with Crippen molar-refractivity contribution in [1.29, 1.82) is 0 Å². The Morgan fingerprint density at radius 1 is 0.869 bits per heavy atom. The molecule has 0 bridgehead atoms. The highest BCUT2D eigenvalue weighted by atomic mass is 16.7. The molecule has 3 heterocycles. The van der Waals surface area contributed by atoms with Crippen molar-refractivity contribution in [3.63, 3.8) is 0 Å². The van der Waals surface area contributed by atoms with Crippen LogP contribution < -0.4 is 5.32 Å². The monoisotopic (exact) mass is 855 g/mol. The molecule has 7 rings (SSSR count). The number of aliphatic hydroxyl groups excluding tert-OH is 1. The van der Waals surface area contributed by atoms with E-state index in [2.05, 4.69) is 37.3 Å². The highest BCUT2D eigenvalue weighted by Crippen LogP contribution is 2.57. The SMILES string of the molecule is CCOC1[C@@H](OC)C(C)O[C@@H](O[C@@H]2C[C@@H]3[C@@H](C2)[C@@H]2C=C4C(=O)[C@H](C)[C@@H](O[C@H]5CC[C@H](N(C)C)C(C)O5)CCC[C@H](CC)OC(=O)C[C@H]4[C@@H]2[C@H](O)[C@H]3Nc2ccccc2)[C@H]1OC. The van der Waals surface area contributed by atoms with Gasteiger partial charge in [-0.2, -0.15) is 0 Å². The first kappa shape index (κ1) is 46.5. The number of para-hydroxylation sites is 1. The quantitative estimate of drug-likeness (QED) is 0.232. The van der Waals surface area contributed by atoms with Crippen LogP contribution in [0.4, 0.5) is 5.69 Å². The average Bonchev–Trinajstić information content (AvgIpc) is 3.83. The van der Waals surface area contributed by atoms with Gasteiger partial charge in [0.15, 0.2) is 18.4 Å². The third-order valence-electron chi connectivity index (χ3n) is 15.1. The van der Waals surface area contributed by atoms with Crippen LogP contribution in [0.3, 0.4) is 0 Å². The standard InChI is InChI=1S/C48H74N2O11/c1-10-30-18-15-19-38(61-40-21-20-37(50(6)7)27(4)57-40)26(3)43(52)36-24-33-32-22-31(60-48-47(55-9)46(56-11-2)45(54-8)28(5)58-48)23-35(32)42(49-29-16-13-12-14-17-29)44(53)41(33)34(36)25-39(51)59-30/h12-14,16-17,24,26-28,30-35,37-38,40-42,44-49,53H,10-11,15,18-23,25H2,1-9H3/t26-,27?,28?,30+,31+,32+,33+,34-,35-,37+,38+,40+,41-,42+,44+,45+,46?,47+,48+/m1/s1. The first-order chi connectivity index (χ1) is 29.4. The number of carbonyl (C=O) groups excluding carboxylic acids is 2. The van der Waals surface area contributed by atoms with Crippen LogP contribution in [-0.2, 0) is 47.5 Å². The third kappa shape index (κ3) is 9.95. The van der Waals surface area contributed by atoms with Crippen molar-refractivity contribution in [3.8, 4) is 0 Å². The fourth-order valence-corrected chi connectivity index (χ4v) is 12.0. The fraction of sp³-hybridized carbons (Fsp3) is 0.792. The number of fused-ring (bicyclic) bond motifs is 5. The fourth-order valence-electron chi connectivity index (χ4n) is 12.0.